The number of anilines is 1. The van der Waals surface area contributed by atoms with E-state index in [1.165, 1.54) is 18.2 Å². The van der Waals surface area contributed by atoms with Gasteiger partial charge in [0, 0.05) is 25.8 Å². The Labute approximate surface area is 200 Å². The highest BCUT2D eigenvalue weighted by Crippen LogP contribution is 2.32. The summed E-state index contributed by atoms with van der Waals surface area (Å²) >= 11 is 0. The van der Waals surface area contributed by atoms with Crippen LogP contribution in [-0.4, -0.2) is 46.5 Å². The number of ether oxygens (including phenoxy) is 1. The molecule has 3 aromatic rings. The predicted molar refractivity (Wildman–Crippen MR) is 125 cm³/mol. The number of halogens is 3. The highest BCUT2D eigenvalue weighted by molar-refractivity contribution is 6.04. The molecule has 1 N–H and O–H groups in total. The van der Waals surface area contributed by atoms with Gasteiger partial charge >= 0.3 is 6.18 Å². The fourth-order valence-corrected chi connectivity index (χ4v) is 4.36. The number of hydrogen-bond acceptors (Lipinski definition) is 4. The van der Waals surface area contributed by atoms with Crippen LogP contribution in [-0.2, 0) is 22.3 Å². The molecule has 1 aliphatic rings. The molecule has 10 heteroatoms. The molecule has 4 rings (SSSR count). The normalized spacial score (nSPS) is 16.3. The van der Waals surface area contributed by atoms with E-state index in [1.807, 2.05) is 22.8 Å². The summed E-state index contributed by atoms with van der Waals surface area (Å²) in [4.78, 5) is 31.5. The number of carbonyl (C=O) groups is 2. The maximum atomic E-state index is 13.1. The molecule has 1 unspecified atom stereocenters. The van der Waals surface area contributed by atoms with E-state index in [0.717, 1.165) is 36.1 Å². The second-order valence-corrected chi connectivity index (χ2v) is 8.38. The van der Waals surface area contributed by atoms with Crippen LogP contribution in [0.4, 0.5) is 19.1 Å². The van der Waals surface area contributed by atoms with E-state index in [2.05, 4.69) is 16.9 Å². The van der Waals surface area contributed by atoms with Crippen molar-refractivity contribution >= 4 is 28.8 Å². The van der Waals surface area contributed by atoms with Gasteiger partial charge in [0.05, 0.1) is 29.2 Å². The quantitative estimate of drug-likeness (QED) is 0.508. The number of methoxy groups -OCH3 is 1. The van der Waals surface area contributed by atoms with Gasteiger partial charge in [0.15, 0.2) is 0 Å². The maximum absolute atomic E-state index is 13.1. The molecule has 2 aromatic carbocycles. The second-order valence-electron chi connectivity index (χ2n) is 8.38. The van der Waals surface area contributed by atoms with E-state index in [1.54, 1.807) is 12.0 Å². The summed E-state index contributed by atoms with van der Waals surface area (Å²) in [6, 6.07) is 9.63. The minimum Gasteiger partial charge on any atom is -0.380 e. The number of amides is 2. The molecular weight excluding hydrogens is 461 g/mol. The number of carbonyl (C=O) groups excluding carboxylic acids is 2. The predicted octanol–water partition coefficient (Wildman–Crippen LogP) is 4.80. The number of benzene rings is 2. The number of fused-ring (bicyclic) bond motifs is 1. The van der Waals surface area contributed by atoms with Gasteiger partial charge in [-0.3, -0.25) is 14.9 Å². The van der Waals surface area contributed by atoms with E-state index in [-0.39, 0.29) is 23.5 Å². The number of aromatic nitrogens is 2. The van der Waals surface area contributed by atoms with Crippen molar-refractivity contribution in [2.75, 3.05) is 25.5 Å². The number of hydrogen-bond donors (Lipinski definition) is 1. The lowest BCUT2D eigenvalue weighted by atomic mass is 10.0. The Balaban J connectivity index is 1.73. The Morgan fingerprint density at radius 3 is 2.77 bits per heavy atom. The molecule has 1 aliphatic heterocycles. The molecule has 1 atom stereocenters. The standard InChI is InChI=1S/C25H25F3N4O3/c1-3-22(33)31-11-5-8-19(14-31)32-21-10-9-16(15-35-2)12-20(21)29-24(32)30-23(34)17-6-4-7-18(13-17)25(26,27)28/h3-4,6-7,9-10,12-13,19H,1,5,8,11,14-15H2,2H3,(H,29,30,34). The van der Waals surface area contributed by atoms with Crippen LogP contribution in [0.5, 0.6) is 0 Å². The Hall–Kier alpha value is -3.66. The van der Waals surface area contributed by atoms with E-state index < -0.39 is 17.6 Å². The third-order valence-electron chi connectivity index (χ3n) is 5.99. The van der Waals surface area contributed by atoms with E-state index in [9.17, 15) is 22.8 Å². The number of piperidine rings is 1. The summed E-state index contributed by atoms with van der Waals surface area (Å²) in [7, 11) is 1.58. The lowest BCUT2D eigenvalue weighted by Crippen LogP contribution is -2.40. The molecule has 2 amide bonds. The Morgan fingerprint density at radius 1 is 1.26 bits per heavy atom. The van der Waals surface area contributed by atoms with Gasteiger partial charge < -0.3 is 14.2 Å². The molecule has 0 saturated carbocycles. The SMILES string of the molecule is C=CC(=O)N1CCCC(n2c(NC(=O)c3cccc(C(F)(F)F)c3)nc3cc(COC)ccc32)C1. The summed E-state index contributed by atoms with van der Waals surface area (Å²) in [5, 5.41) is 2.69. The number of alkyl halides is 3. The Bertz CT molecular complexity index is 1270. The first-order valence-corrected chi connectivity index (χ1v) is 11.1. The van der Waals surface area contributed by atoms with Gasteiger partial charge in [-0.25, -0.2) is 4.98 Å². The van der Waals surface area contributed by atoms with Crippen molar-refractivity contribution in [1.82, 2.24) is 14.5 Å². The van der Waals surface area contributed by atoms with Crippen molar-refractivity contribution in [2.45, 2.75) is 31.7 Å². The summed E-state index contributed by atoms with van der Waals surface area (Å²) in [5.74, 6) is -0.689. The van der Waals surface area contributed by atoms with Gasteiger partial charge in [0.2, 0.25) is 11.9 Å². The van der Waals surface area contributed by atoms with E-state index in [0.29, 0.717) is 25.2 Å². The lowest BCUT2D eigenvalue weighted by molar-refractivity contribution is -0.137. The number of rotatable bonds is 6. The fraction of sp³-hybridized carbons (Fsp3) is 0.320. The Morgan fingerprint density at radius 2 is 2.06 bits per heavy atom. The van der Waals surface area contributed by atoms with Gasteiger partial charge in [-0.15, -0.1) is 0 Å². The minimum absolute atomic E-state index is 0.134. The number of nitrogens with zero attached hydrogens (tertiary/aromatic N) is 3. The first kappa shape index (κ1) is 24.5. The molecule has 184 valence electrons. The number of nitrogens with one attached hydrogen (secondary N) is 1. The molecule has 0 radical (unpaired) electrons. The van der Waals surface area contributed by atoms with E-state index >= 15 is 0 Å². The average Bonchev–Trinajstić information content (AvgIpc) is 3.20. The van der Waals surface area contributed by atoms with Crippen LogP contribution in [0.1, 0.15) is 40.4 Å². The first-order chi connectivity index (χ1) is 16.7. The molecule has 7 nitrogen and oxygen atoms in total. The third kappa shape index (κ3) is 5.22. The smallest absolute Gasteiger partial charge is 0.380 e. The molecule has 1 saturated heterocycles. The Kier molecular flexibility index (Phi) is 6.93. The fourth-order valence-electron chi connectivity index (χ4n) is 4.36. The molecule has 0 bridgehead atoms. The third-order valence-corrected chi connectivity index (χ3v) is 5.99. The van der Waals surface area contributed by atoms with Crippen LogP contribution in [0.15, 0.2) is 55.1 Å². The molecule has 1 fully saturated rings. The van der Waals surface area contributed by atoms with Crippen molar-refractivity contribution in [3.8, 4) is 0 Å². The maximum Gasteiger partial charge on any atom is 0.416 e. The monoisotopic (exact) mass is 486 g/mol. The lowest BCUT2D eigenvalue weighted by Gasteiger charge is -2.33. The van der Waals surface area contributed by atoms with Crippen molar-refractivity contribution in [3.05, 3.63) is 71.8 Å². The van der Waals surface area contributed by atoms with Gasteiger partial charge in [-0.1, -0.05) is 18.7 Å². The highest BCUT2D eigenvalue weighted by atomic mass is 19.4. The molecular formula is C25H25F3N4O3. The molecule has 0 spiro atoms. The van der Waals surface area contributed by atoms with E-state index in [4.69, 9.17) is 4.74 Å². The molecule has 0 aliphatic carbocycles. The summed E-state index contributed by atoms with van der Waals surface area (Å²) in [6.07, 6.45) is -1.82. The number of likely N-dealkylation sites (tertiary alicyclic amines) is 1. The summed E-state index contributed by atoms with van der Waals surface area (Å²) in [5.41, 5.74) is 1.18. The first-order valence-electron chi connectivity index (χ1n) is 11.1. The van der Waals surface area contributed by atoms with Crippen LogP contribution in [0.2, 0.25) is 0 Å². The van der Waals surface area contributed by atoms with Crippen LogP contribution >= 0.6 is 0 Å². The van der Waals surface area contributed by atoms with Crippen molar-refractivity contribution in [2.24, 2.45) is 0 Å². The zero-order valence-electron chi connectivity index (χ0n) is 19.1. The van der Waals surface area contributed by atoms with Crippen molar-refractivity contribution in [1.29, 1.82) is 0 Å². The van der Waals surface area contributed by atoms with Crippen LogP contribution in [0.25, 0.3) is 11.0 Å². The second kappa shape index (κ2) is 9.91. The largest absolute Gasteiger partial charge is 0.416 e. The highest BCUT2D eigenvalue weighted by Gasteiger charge is 2.31. The number of imidazole rings is 1. The van der Waals surface area contributed by atoms with Crippen LogP contribution in [0, 0.1) is 0 Å². The minimum atomic E-state index is -4.57. The topological polar surface area (TPSA) is 76.5 Å². The van der Waals surface area contributed by atoms with Gasteiger partial charge in [-0.05, 0) is 54.8 Å². The van der Waals surface area contributed by atoms with Gasteiger partial charge in [-0.2, -0.15) is 13.2 Å². The van der Waals surface area contributed by atoms with Crippen LogP contribution in [0.3, 0.4) is 0 Å². The zero-order valence-corrected chi connectivity index (χ0v) is 19.1. The zero-order chi connectivity index (χ0) is 25.2. The molecule has 1 aromatic heterocycles. The van der Waals surface area contributed by atoms with Gasteiger partial charge in [0.1, 0.15) is 0 Å². The van der Waals surface area contributed by atoms with Crippen molar-refractivity contribution < 1.29 is 27.5 Å². The molecule has 2 heterocycles. The average molecular weight is 486 g/mol. The van der Waals surface area contributed by atoms with Crippen molar-refractivity contribution in [3.63, 3.8) is 0 Å². The molecule has 35 heavy (non-hydrogen) atoms. The van der Waals surface area contributed by atoms with Gasteiger partial charge in [0.25, 0.3) is 5.91 Å². The summed E-state index contributed by atoms with van der Waals surface area (Å²) in [6.45, 7) is 4.92. The summed E-state index contributed by atoms with van der Waals surface area (Å²) < 4.78 is 46.5. The van der Waals surface area contributed by atoms with Crippen LogP contribution < -0.4 is 5.32 Å².